The zero-order valence-corrected chi connectivity index (χ0v) is 22.8. The molecule has 4 rings (SSSR count). The van der Waals surface area contributed by atoms with E-state index in [2.05, 4.69) is 13.8 Å². The van der Waals surface area contributed by atoms with Crippen molar-refractivity contribution in [3.63, 3.8) is 0 Å². The van der Waals surface area contributed by atoms with Gasteiger partial charge in [-0.2, -0.15) is 0 Å². The maximum Gasteiger partial charge on any atom is 0.295 e. The third kappa shape index (κ3) is 6.49. The number of hydrogen-bond acceptors (Lipinski definition) is 6. The van der Waals surface area contributed by atoms with Crippen molar-refractivity contribution in [3.05, 3.63) is 95.1 Å². The fourth-order valence-corrected chi connectivity index (χ4v) is 4.61. The van der Waals surface area contributed by atoms with Crippen LogP contribution in [0.3, 0.4) is 0 Å². The molecular formula is C32H35NO6. The number of aryl methyl sites for hydroxylation is 1. The molecule has 1 N–H and O–H groups in total. The summed E-state index contributed by atoms with van der Waals surface area (Å²) in [4.78, 5) is 28.1. The third-order valence-electron chi connectivity index (χ3n) is 6.48. The molecule has 1 fully saturated rings. The maximum absolute atomic E-state index is 13.4. The number of methoxy groups -OCH3 is 1. The molecule has 0 spiro atoms. The van der Waals surface area contributed by atoms with Crippen LogP contribution in [-0.2, 0) is 14.3 Å². The summed E-state index contributed by atoms with van der Waals surface area (Å²) in [5.74, 6) is 0.692. The van der Waals surface area contributed by atoms with Crippen molar-refractivity contribution < 1.29 is 28.9 Å². The molecule has 204 valence electrons. The summed E-state index contributed by atoms with van der Waals surface area (Å²) in [6.07, 6.45) is 0.543. The predicted octanol–water partition coefficient (Wildman–Crippen LogP) is 6.28. The Bertz CT molecular complexity index is 1350. The third-order valence-corrected chi connectivity index (χ3v) is 6.48. The molecule has 3 aromatic rings. The first-order valence-electron chi connectivity index (χ1n) is 13.1. The summed E-state index contributed by atoms with van der Waals surface area (Å²) in [6.45, 7) is 7.28. The number of aliphatic hydroxyl groups excluding tert-OH is 1. The minimum Gasteiger partial charge on any atom is -0.507 e. The smallest absolute Gasteiger partial charge is 0.295 e. The van der Waals surface area contributed by atoms with Crippen LogP contribution in [-0.4, -0.2) is 48.6 Å². The van der Waals surface area contributed by atoms with Crippen molar-refractivity contribution >= 4 is 17.4 Å². The van der Waals surface area contributed by atoms with E-state index < -0.39 is 17.7 Å². The Balaban J connectivity index is 1.76. The second-order valence-corrected chi connectivity index (χ2v) is 10.0. The standard InChI is InChI=1S/C32H35NO6/c1-21(2)20-38-25-14-15-27(22(3)18-25)30(34)28-29(33(16-9-17-37-4)32(36)31(28)35)23-10-8-13-26(19-23)39-24-11-6-5-7-12-24/h5-8,10-15,18-19,21,29,34H,9,16-17,20H2,1-4H3/b30-28+. The van der Waals surface area contributed by atoms with Crippen LogP contribution in [0.5, 0.6) is 17.2 Å². The van der Waals surface area contributed by atoms with Gasteiger partial charge in [-0.05, 0) is 72.9 Å². The molecule has 0 aromatic heterocycles. The average Bonchev–Trinajstić information content (AvgIpc) is 3.17. The molecule has 1 amide bonds. The predicted molar refractivity (Wildman–Crippen MR) is 150 cm³/mol. The van der Waals surface area contributed by atoms with Crippen molar-refractivity contribution in [1.29, 1.82) is 0 Å². The van der Waals surface area contributed by atoms with Crippen molar-refractivity contribution in [1.82, 2.24) is 4.90 Å². The molecule has 1 unspecified atom stereocenters. The number of ether oxygens (including phenoxy) is 3. The highest BCUT2D eigenvalue weighted by Gasteiger charge is 2.46. The van der Waals surface area contributed by atoms with Gasteiger partial charge in [-0.3, -0.25) is 9.59 Å². The van der Waals surface area contributed by atoms with E-state index in [0.29, 0.717) is 60.5 Å². The fourth-order valence-electron chi connectivity index (χ4n) is 4.61. The molecule has 1 heterocycles. The van der Waals surface area contributed by atoms with Gasteiger partial charge in [0.1, 0.15) is 23.0 Å². The van der Waals surface area contributed by atoms with Crippen molar-refractivity contribution in [2.75, 3.05) is 26.9 Å². The van der Waals surface area contributed by atoms with Crippen LogP contribution in [0.1, 0.15) is 43.0 Å². The summed E-state index contributed by atoms with van der Waals surface area (Å²) in [5, 5.41) is 11.5. The van der Waals surface area contributed by atoms with E-state index in [1.165, 1.54) is 4.90 Å². The second-order valence-electron chi connectivity index (χ2n) is 10.0. The molecule has 7 heteroatoms. The van der Waals surface area contributed by atoms with Gasteiger partial charge in [-0.25, -0.2) is 0 Å². The summed E-state index contributed by atoms with van der Waals surface area (Å²) < 4.78 is 17.0. The number of carbonyl (C=O) groups is 2. The van der Waals surface area contributed by atoms with Crippen LogP contribution in [0.15, 0.2) is 78.4 Å². The molecule has 1 aliphatic rings. The molecule has 1 saturated heterocycles. The average molecular weight is 530 g/mol. The Morgan fingerprint density at radius 2 is 1.69 bits per heavy atom. The number of amides is 1. The van der Waals surface area contributed by atoms with Crippen LogP contribution in [0, 0.1) is 12.8 Å². The molecule has 0 saturated carbocycles. The van der Waals surface area contributed by atoms with Crippen LogP contribution < -0.4 is 9.47 Å². The number of nitrogens with zero attached hydrogens (tertiary/aromatic N) is 1. The highest BCUT2D eigenvalue weighted by molar-refractivity contribution is 6.46. The quantitative estimate of drug-likeness (QED) is 0.136. The van der Waals surface area contributed by atoms with Gasteiger partial charge in [0, 0.05) is 25.8 Å². The molecule has 39 heavy (non-hydrogen) atoms. The SMILES string of the molecule is COCCCN1C(=O)C(=O)/C(=C(/O)c2ccc(OCC(C)C)cc2C)C1c1cccc(Oc2ccccc2)c1. The van der Waals surface area contributed by atoms with E-state index in [1.54, 1.807) is 25.3 Å². The number of likely N-dealkylation sites (tertiary alicyclic amines) is 1. The Morgan fingerprint density at radius 1 is 0.949 bits per heavy atom. The number of Topliss-reactive ketones (excluding diaryl/α,β-unsaturated/α-hetero) is 1. The molecule has 0 aliphatic carbocycles. The molecule has 0 bridgehead atoms. The summed E-state index contributed by atoms with van der Waals surface area (Å²) >= 11 is 0. The number of aliphatic hydroxyl groups is 1. The van der Waals surface area contributed by atoms with Gasteiger partial charge in [0.25, 0.3) is 11.7 Å². The topological polar surface area (TPSA) is 85.3 Å². The number of rotatable bonds is 11. The number of benzene rings is 3. The van der Waals surface area contributed by atoms with Gasteiger partial charge in [0.15, 0.2) is 0 Å². The molecular weight excluding hydrogens is 494 g/mol. The van der Waals surface area contributed by atoms with Crippen LogP contribution in [0.2, 0.25) is 0 Å². The normalized spacial score (nSPS) is 16.6. The van der Waals surface area contributed by atoms with Gasteiger partial charge in [0.05, 0.1) is 18.2 Å². The molecule has 3 aromatic carbocycles. The zero-order chi connectivity index (χ0) is 27.9. The minimum atomic E-state index is -0.780. The number of carbonyl (C=O) groups excluding carboxylic acids is 2. The first-order chi connectivity index (χ1) is 18.8. The minimum absolute atomic E-state index is 0.0493. The van der Waals surface area contributed by atoms with Crippen molar-refractivity contribution in [3.8, 4) is 17.2 Å². The highest BCUT2D eigenvalue weighted by Crippen LogP contribution is 2.41. The summed E-state index contributed by atoms with van der Waals surface area (Å²) in [7, 11) is 1.59. The Kier molecular flexibility index (Phi) is 9.04. The molecule has 1 aliphatic heterocycles. The summed E-state index contributed by atoms with van der Waals surface area (Å²) in [6, 6.07) is 21.2. The summed E-state index contributed by atoms with van der Waals surface area (Å²) in [5.41, 5.74) is 1.92. The van der Waals surface area contributed by atoms with Crippen molar-refractivity contribution in [2.45, 2.75) is 33.2 Å². The van der Waals surface area contributed by atoms with E-state index in [4.69, 9.17) is 14.2 Å². The Morgan fingerprint density at radius 3 is 2.38 bits per heavy atom. The van der Waals surface area contributed by atoms with Crippen LogP contribution >= 0.6 is 0 Å². The van der Waals surface area contributed by atoms with Gasteiger partial charge in [-0.1, -0.05) is 44.2 Å². The first-order valence-corrected chi connectivity index (χ1v) is 13.1. The zero-order valence-electron chi connectivity index (χ0n) is 22.8. The molecule has 1 atom stereocenters. The van der Waals surface area contributed by atoms with E-state index in [0.717, 1.165) is 5.56 Å². The lowest BCUT2D eigenvalue weighted by atomic mass is 9.93. The lowest BCUT2D eigenvalue weighted by Gasteiger charge is -2.25. The lowest BCUT2D eigenvalue weighted by molar-refractivity contribution is -0.140. The molecule has 7 nitrogen and oxygen atoms in total. The fraction of sp³-hybridized carbons (Fsp3) is 0.312. The van der Waals surface area contributed by atoms with Gasteiger partial charge < -0.3 is 24.2 Å². The van der Waals surface area contributed by atoms with Gasteiger partial charge >= 0.3 is 0 Å². The van der Waals surface area contributed by atoms with Gasteiger partial charge in [-0.15, -0.1) is 0 Å². The maximum atomic E-state index is 13.4. The Labute approximate surface area is 229 Å². The lowest BCUT2D eigenvalue weighted by Crippen LogP contribution is -2.31. The van der Waals surface area contributed by atoms with Crippen molar-refractivity contribution in [2.24, 2.45) is 5.92 Å². The van der Waals surface area contributed by atoms with E-state index in [-0.39, 0.29) is 11.3 Å². The second kappa shape index (κ2) is 12.6. The highest BCUT2D eigenvalue weighted by atomic mass is 16.5. The molecule has 0 radical (unpaired) electrons. The van der Waals surface area contributed by atoms with E-state index in [9.17, 15) is 14.7 Å². The number of para-hydroxylation sites is 1. The number of ketones is 1. The van der Waals surface area contributed by atoms with Gasteiger partial charge in [0.2, 0.25) is 0 Å². The van der Waals surface area contributed by atoms with Crippen LogP contribution in [0.4, 0.5) is 0 Å². The Hall–Kier alpha value is -4.10. The van der Waals surface area contributed by atoms with Crippen LogP contribution in [0.25, 0.3) is 5.76 Å². The van der Waals surface area contributed by atoms with E-state index in [1.807, 2.05) is 61.5 Å². The number of hydrogen-bond donors (Lipinski definition) is 1. The van der Waals surface area contributed by atoms with E-state index >= 15 is 0 Å². The first kappa shape index (κ1) is 27.9. The monoisotopic (exact) mass is 529 g/mol. The largest absolute Gasteiger partial charge is 0.507 e.